The van der Waals surface area contributed by atoms with Gasteiger partial charge in [0.2, 0.25) is 5.91 Å². The number of methoxy groups -OCH3 is 2. The van der Waals surface area contributed by atoms with E-state index >= 15 is 0 Å². The van der Waals surface area contributed by atoms with Gasteiger partial charge in [-0.3, -0.25) is 4.79 Å². The average Bonchev–Trinajstić information content (AvgIpc) is 2.67. The Hall–Kier alpha value is -1.75. The highest BCUT2D eigenvalue weighted by Gasteiger charge is 2.30. The summed E-state index contributed by atoms with van der Waals surface area (Å²) in [5.41, 5.74) is 6.84. The summed E-state index contributed by atoms with van der Waals surface area (Å²) in [6.45, 7) is 0. The first-order valence-corrected chi connectivity index (χ1v) is 5.42. The third kappa shape index (κ3) is 2.19. The Morgan fingerprint density at radius 3 is 2.53 bits per heavy atom. The van der Waals surface area contributed by atoms with Crippen molar-refractivity contribution >= 4 is 5.91 Å². The molecule has 1 saturated heterocycles. The highest BCUT2D eigenvalue weighted by Crippen LogP contribution is 2.32. The molecule has 1 heterocycles. The molecule has 0 saturated carbocycles. The standard InChI is InChI=1S/C12H16N2O3/c1-16-9-4-3-7(5-10(9)17-2)12-8(13)6-11(15)14-12/h3-5,8,12H,6,13H2,1-2H3,(H,14,15). The number of amides is 1. The van der Waals surface area contributed by atoms with Crippen LogP contribution in [0.25, 0.3) is 0 Å². The van der Waals surface area contributed by atoms with Gasteiger partial charge in [0, 0.05) is 12.5 Å². The lowest BCUT2D eigenvalue weighted by molar-refractivity contribution is -0.119. The highest BCUT2D eigenvalue weighted by molar-refractivity contribution is 5.80. The lowest BCUT2D eigenvalue weighted by Crippen LogP contribution is -2.28. The van der Waals surface area contributed by atoms with Gasteiger partial charge < -0.3 is 20.5 Å². The Kier molecular flexibility index (Phi) is 3.19. The predicted molar refractivity (Wildman–Crippen MR) is 63.0 cm³/mol. The van der Waals surface area contributed by atoms with Gasteiger partial charge in [-0.1, -0.05) is 6.07 Å². The normalized spacial score (nSPS) is 23.4. The Labute approximate surface area is 99.9 Å². The van der Waals surface area contributed by atoms with Gasteiger partial charge >= 0.3 is 0 Å². The largest absolute Gasteiger partial charge is 0.493 e. The maximum absolute atomic E-state index is 11.3. The number of hydrogen-bond acceptors (Lipinski definition) is 4. The lowest BCUT2D eigenvalue weighted by atomic mass is 10.0. The topological polar surface area (TPSA) is 73.6 Å². The Morgan fingerprint density at radius 2 is 2.00 bits per heavy atom. The van der Waals surface area contributed by atoms with Gasteiger partial charge in [-0.05, 0) is 17.7 Å². The number of nitrogens with two attached hydrogens (primary N) is 1. The van der Waals surface area contributed by atoms with E-state index in [1.807, 2.05) is 18.2 Å². The lowest BCUT2D eigenvalue weighted by Gasteiger charge is -2.17. The van der Waals surface area contributed by atoms with E-state index in [1.165, 1.54) is 0 Å². The minimum atomic E-state index is -0.194. The first-order chi connectivity index (χ1) is 8.15. The van der Waals surface area contributed by atoms with Crippen LogP contribution in [0.4, 0.5) is 0 Å². The number of rotatable bonds is 3. The second-order valence-corrected chi connectivity index (χ2v) is 4.03. The second-order valence-electron chi connectivity index (χ2n) is 4.03. The fourth-order valence-corrected chi connectivity index (χ4v) is 2.05. The monoisotopic (exact) mass is 236 g/mol. The van der Waals surface area contributed by atoms with Gasteiger partial charge in [0.15, 0.2) is 11.5 Å². The van der Waals surface area contributed by atoms with E-state index in [9.17, 15) is 4.79 Å². The molecule has 1 amide bonds. The number of benzene rings is 1. The third-order valence-electron chi connectivity index (χ3n) is 2.93. The molecule has 3 N–H and O–H groups in total. The fraction of sp³-hybridized carbons (Fsp3) is 0.417. The molecule has 5 heteroatoms. The van der Waals surface area contributed by atoms with Crippen molar-refractivity contribution in [2.75, 3.05) is 14.2 Å². The van der Waals surface area contributed by atoms with Crippen LogP contribution in [0.1, 0.15) is 18.0 Å². The molecule has 1 aromatic carbocycles. The molecular weight excluding hydrogens is 220 g/mol. The molecule has 0 spiro atoms. The van der Waals surface area contributed by atoms with Crippen LogP contribution in [-0.4, -0.2) is 26.2 Å². The van der Waals surface area contributed by atoms with Crippen molar-refractivity contribution in [1.29, 1.82) is 0 Å². The van der Waals surface area contributed by atoms with Crippen molar-refractivity contribution in [2.24, 2.45) is 5.73 Å². The smallest absolute Gasteiger partial charge is 0.222 e. The van der Waals surface area contributed by atoms with E-state index in [0.717, 1.165) is 5.56 Å². The zero-order chi connectivity index (χ0) is 12.4. The van der Waals surface area contributed by atoms with Gasteiger partial charge in [-0.25, -0.2) is 0 Å². The van der Waals surface area contributed by atoms with Gasteiger partial charge in [0.25, 0.3) is 0 Å². The molecule has 0 radical (unpaired) electrons. The zero-order valence-electron chi connectivity index (χ0n) is 9.90. The summed E-state index contributed by atoms with van der Waals surface area (Å²) in [6, 6.07) is 5.19. The van der Waals surface area contributed by atoms with Crippen LogP contribution in [-0.2, 0) is 4.79 Å². The fourth-order valence-electron chi connectivity index (χ4n) is 2.05. The second kappa shape index (κ2) is 4.63. The van der Waals surface area contributed by atoms with Crippen LogP contribution in [0, 0.1) is 0 Å². The summed E-state index contributed by atoms with van der Waals surface area (Å²) in [7, 11) is 3.16. The van der Waals surface area contributed by atoms with Crippen molar-refractivity contribution in [2.45, 2.75) is 18.5 Å². The predicted octanol–water partition coefficient (Wildman–Crippen LogP) is 0.592. The summed E-state index contributed by atoms with van der Waals surface area (Å²) < 4.78 is 10.4. The summed E-state index contributed by atoms with van der Waals surface area (Å²) >= 11 is 0. The molecule has 2 atom stereocenters. The third-order valence-corrected chi connectivity index (χ3v) is 2.93. The Morgan fingerprint density at radius 1 is 1.29 bits per heavy atom. The molecule has 0 aromatic heterocycles. The van der Waals surface area contributed by atoms with Crippen molar-refractivity contribution in [3.63, 3.8) is 0 Å². The van der Waals surface area contributed by atoms with Crippen LogP contribution in [0.3, 0.4) is 0 Å². The minimum Gasteiger partial charge on any atom is -0.493 e. The van der Waals surface area contributed by atoms with E-state index in [2.05, 4.69) is 5.32 Å². The number of nitrogens with one attached hydrogen (secondary N) is 1. The quantitative estimate of drug-likeness (QED) is 0.805. The molecule has 1 aromatic rings. The molecule has 1 aliphatic heterocycles. The van der Waals surface area contributed by atoms with Crippen molar-refractivity contribution in [3.05, 3.63) is 23.8 Å². The summed E-state index contributed by atoms with van der Waals surface area (Å²) in [5, 5.41) is 2.85. The molecule has 5 nitrogen and oxygen atoms in total. The van der Waals surface area contributed by atoms with E-state index in [1.54, 1.807) is 14.2 Å². The average molecular weight is 236 g/mol. The van der Waals surface area contributed by atoms with Gasteiger partial charge in [-0.2, -0.15) is 0 Å². The maximum atomic E-state index is 11.3. The van der Waals surface area contributed by atoms with E-state index < -0.39 is 0 Å². The Balaban J connectivity index is 2.30. The first-order valence-electron chi connectivity index (χ1n) is 5.42. The summed E-state index contributed by atoms with van der Waals surface area (Å²) in [5.74, 6) is 1.28. The number of carbonyl (C=O) groups excluding carboxylic acids is 1. The molecule has 2 rings (SSSR count). The maximum Gasteiger partial charge on any atom is 0.222 e. The van der Waals surface area contributed by atoms with Crippen molar-refractivity contribution in [1.82, 2.24) is 5.32 Å². The van der Waals surface area contributed by atoms with Crippen LogP contribution >= 0.6 is 0 Å². The van der Waals surface area contributed by atoms with Crippen LogP contribution in [0.15, 0.2) is 18.2 Å². The van der Waals surface area contributed by atoms with Gasteiger partial charge in [0.05, 0.1) is 20.3 Å². The molecule has 0 aliphatic carbocycles. The Bertz CT molecular complexity index is 434. The van der Waals surface area contributed by atoms with Crippen LogP contribution < -0.4 is 20.5 Å². The molecular formula is C12H16N2O3. The minimum absolute atomic E-state index is 0.0164. The zero-order valence-corrected chi connectivity index (χ0v) is 9.90. The highest BCUT2D eigenvalue weighted by atomic mass is 16.5. The molecule has 1 fully saturated rings. The van der Waals surface area contributed by atoms with E-state index in [0.29, 0.717) is 17.9 Å². The molecule has 1 aliphatic rings. The number of carbonyl (C=O) groups is 1. The number of ether oxygens (including phenoxy) is 2. The van der Waals surface area contributed by atoms with E-state index in [-0.39, 0.29) is 18.0 Å². The number of hydrogen-bond donors (Lipinski definition) is 2. The summed E-state index contributed by atoms with van der Waals surface area (Å²) in [4.78, 5) is 11.3. The van der Waals surface area contributed by atoms with Crippen molar-refractivity contribution in [3.8, 4) is 11.5 Å². The van der Waals surface area contributed by atoms with Gasteiger partial charge in [0.1, 0.15) is 0 Å². The molecule has 2 unspecified atom stereocenters. The van der Waals surface area contributed by atoms with Crippen LogP contribution in [0.5, 0.6) is 11.5 Å². The summed E-state index contributed by atoms with van der Waals surface area (Å²) in [6.07, 6.45) is 0.360. The molecule has 17 heavy (non-hydrogen) atoms. The van der Waals surface area contributed by atoms with E-state index in [4.69, 9.17) is 15.2 Å². The van der Waals surface area contributed by atoms with Crippen molar-refractivity contribution < 1.29 is 14.3 Å². The molecule has 0 bridgehead atoms. The first kappa shape index (κ1) is 11.7. The SMILES string of the molecule is COc1ccc(C2NC(=O)CC2N)cc1OC. The van der Waals surface area contributed by atoms with Crippen LogP contribution in [0.2, 0.25) is 0 Å². The molecule has 92 valence electrons. The van der Waals surface area contributed by atoms with Gasteiger partial charge in [-0.15, -0.1) is 0 Å².